The van der Waals surface area contributed by atoms with Gasteiger partial charge in [-0.25, -0.2) is 4.39 Å². The Morgan fingerprint density at radius 1 is 0.778 bits per heavy atom. The first-order chi connectivity index (χ1) is 17.4. The summed E-state index contributed by atoms with van der Waals surface area (Å²) in [7, 11) is 6.37. The molecule has 188 valence electrons. The summed E-state index contributed by atoms with van der Waals surface area (Å²) in [6.07, 6.45) is 0.679. The van der Waals surface area contributed by atoms with E-state index < -0.39 is 0 Å². The fraction of sp³-hybridized carbons (Fsp3) is 0.250. The van der Waals surface area contributed by atoms with Crippen molar-refractivity contribution in [3.63, 3.8) is 0 Å². The average molecular weight is 511 g/mol. The molecule has 0 aliphatic carbocycles. The minimum atomic E-state index is -0.387. The Bertz CT molecular complexity index is 1370. The molecule has 4 aromatic rings. The van der Waals surface area contributed by atoms with Crippen LogP contribution < -0.4 is 18.9 Å². The maximum absolute atomic E-state index is 14.8. The van der Waals surface area contributed by atoms with Crippen LogP contribution in [0.15, 0.2) is 54.6 Å². The molecular weight excluding hydrogens is 483 g/mol. The van der Waals surface area contributed by atoms with Gasteiger partial charge in [-0.05, 0) is 55.0 Å². The molecule has 0 N–H and O–H groups in total. The first-order valence-corrected chi connectivity index (χ1v) is 11.8. The summed E-state index contributed by atoms with van der Waals surface area (Å²) in [6.45, 7) is 2.21. The molecule has 4 rings (SSSR count). The van der Waals surface area contributed by atoms with Crippen LogP contribution in [0.5, 0.6) is 23.0 Å². The molecule has 0 bridgehead atoms. The van der Waals surface area contributed by atoms with Crippen LogP contribution in [0.1, 0.15) is 18.1 Å². The standard InChI is InChI=1S/C28H28ClFN2O4/c1-6-19-27(17-10-12-23(33-2)25(14-17)35-4)31-32(16-20-21(29)8-7-9-22(20)30)28(19)18-11-13-24(34-3)26(15-18)36-5/h7-15H,6,16H2,1-5H3. The number of rotatable bonds is 9. The molecule has 0 spiro atoms. The Hall–Kier alpha value is -3.71. The van der Waals surface area contributed by atoms with Gasteiger partial charge in [0.25, 0.3) is 0 Å². The number of ether oxygens (including phenoxy) is 4. The van der Waals surface area contributed by atoms with Crippen molar-refractivity contribution in [3.8, 4) is 45.5 Å². The SMILES string of the molecule is CCc1c(-c2ccc(OC)c(OC)c2)nn(Cc2c(F)cccc2Cl)c1-c1ccc(OC)c(OC)c1. The maximum Gasteiger partial charge on any atom is 0.161 e. The summed E-state index contributed by atoms with van der Waals surface area (Å²) in [5.41, 5.74) is 4.66. The van der Waals surface area contributed by atoms with Crippen molar-refractivity contribution in [2.24, 2.45) is 0 Å². The molecule has 0 fully saturated rings. The van der Waals surface area contributed by atoms with Gasteiger partial charge >= 0.3 is 0 Å². The van der Waals surface area contributed by atoms with E-state index in [0.717, 1.165) is 28.1 Å². The zero-order valence-corrected chi connectivity index (χ0v) is 21.6. The molecule has 36 heavy (non-hydrogen) atoms. The summed E-state index contributed by atoms with van der Waals surface area (Å²) >= 11 is 6.39. The summed E-state index contributed by atoms with van der Waals surface area (Å²) < 4.78 is 38.5. The monoisotopic (exact) mass is 510 g/mol. The van der Waals surface area contributed by atoms with E-state index in [4.69, 9.17) is 35.6 Å². The van der Waals surface area contributed by atoms with Gasteiger partial charge in [0.1, 0.15) is 5.82 Å². The molecule has 0 aliphatic heterocycles. The second-order valence-electron chi connectivity index (χ2n) is 8.03. The second-order valence-corrected chi connectivity index (χ2v) is 8.43. The highest BCUT2D eigenvalue weighted by Crippen LogP contribution is 2.40. The van der Waals surface area contributed by atoms with E-state index in [-0.39, 0.29) is 12.4 Å². The van der Waals surface area contributed by atoms with E-state index >= 15 is 0 Å². The van der Waals surface area contributed by atoms with E-state index in [1.165, 1.54) is 6.07 Å². The van der Waals surface area contributed by atoms with Crippen LogP contribution in [0.2, 0.25) is 5.02 Å². The van der Waals surface area contributed by atoms with Crippen molar-refractivity contribution in [1.29, 1.82) is 0 Å². The van der Waals surface area contributed by atoms with Crippen molar-refractivity contribution in [2.45, 2.75) is 19.9 Å². The fourth-order valence-corrected chi connectivity index (χ4v) is 4.53. The molecule has 1 heterocycles. The molecule has 0 saturated heterocycles. The van der Waals surface area contributed by atoms with Crippen LogP contribution >= 0.6 is 11.6 Å². The lowest BCUT2D eigenvalue weighted by Crippen LogP contribution is -2.07. The number of hydrogen-bond donors (Lipinski definition) is 0. The van der Waals surface area contributed by atoms with Gasteiger partial charge in [-0.3, -0.25) is 4.68 Å². The van der Waals surface area contributed by atoms with E-state index in [9.17, 15) is 4.39 Å². The van der Waals surface area contributed by atoms with E-state index in [2.05, 4.69) is 6.92 Å². The first kappa shape index (κ1) is 25.4. The van der Waals surface area contributed by atoms with Crippen molar-refractivity contribution in [1.82, 2.24) is 9.78 Å². The summed E-state index contributed by atoms with van der Waals surface area (Å²) in [5.74, 6) is 2.03. The molecule has 6 nitrogen and oxygen atoms in total. The number of hydrogen-bond acceptors (Lipinski definition) is 5. The van der Waals surface area contributed by atoms with Crippen molar-refractivity contribution in [3.05, 3.63) is 76.6 Å². The minimum Gasteiger partial charge on any atom is -0.493 e. The van der Waals surface area contributed by atoms with Crippen molar-refractivity contribution < 1.29 is 23.3 Å². The quantitative estimate of drug-likeness (QED) is 0.252. The smallest absolute Gasteiger partial charge is 0.161 e. The molecule has 0 saturated carbocycles. The topological polar surface area (TPSA) is 54.7 Å². The highest BCUT2D eigenvalue weighted by molar-refractivity contribution is 6.31. The van der Waals surface area contributed by atoms with Crippen LogP contribution in [0.3, 0.4) is 0 Å². The Kier molecular flexibility index (Phi) is 7.70. The summed E-state index contributed by atoms with van der Waals surface area (Å²) in [4.78, 5) is 0. The zero-order valence-electron chi connectivity index (χ0n) is 20.9. The van der Waals surface area contributed by atoms with Crippen LogP contribution in [-0.4, -0.2) is 38.2 Å². The van der Waals surface area contributed by atoms with Gasteiger partial charge in [0.15, 0.2) is 23.0 Å². The molecule has 0 unspecified atom stereocenters. The van der Waals surface area contributed by atoms with E-state index in [0.29, 0.717) is 40.0 Å². The lowest BCUT2D eigenvalue weighted by atomic mass is 9.99. The number of benzene rings is 3. The van der Waals surface area contributed by atoms with Crippen LogP contribution in [-0.2, 0) is 13.0 Å². The third kappa shape index (κ3) is 4.71. The molecule has 1 aromatic heterocycles. The van der Waals surface area contributed by atoms with Gasteiger partial charge in [0, 0.05) is 27.3 Å². The third-order valence-corrected chi connectivity index (χ3v) is 6.44. The summed E-state index contributed by atoms with van der Waals surface area (Å²) in [6, 6.07) is 16.0. The Balaban J connectivity index is 1.97. The van der Waals surface area contributed by atoms with Gasteiger partial charge in [0.2, 0.25) is 0 Å². The molecular formula is C28H28ClFN2O4. The van der Waals surface area contributed by atoms with E-state index in [1.807, 2.05) is 36.4 Å². The highest BCUT2D eigenvalue weighted by Gasteiger charge is 2.23. The molecule has 0 aliphatic rings. The van der Waals surface area contributed by atoms with E-state index in [1.54, 1.807) is 45.3 Å². The normalized spacial score (nSPS) is 10.9. The van der Waals surface area contributed by atoms with Gasteiger partial charge in [-0.2, -0.15) is 5.10 Å². The molecule has 3 aromatic carbocycles. The second kappa shape index (κ2) is 10.9. The Morgan fingerprint density at radius 2 is 1.36 bits per heavy atom. The van der Waals surface area contributed by atoms with Crippen LogP contribution in [0.25, 0.3) is 22.5 Å². The summed E-state index contributed by atoms with van der Waals surface area (Å²) in [5, 5.41) is 5.30. The van der Waals surface area contributed by atoms with Gasteiger partial charge < -0.3 is 18.9 Å². The molecule has 0 amide bonds. The third-order valence-electron chi connectivity index (χ3n) is 6.09. The number of nitrogens with zero attached hydrogens (tertiary/aromatic N) is 2. The Morgan fingerprint density at radius 3 is 1.92 bits per heavy atom. The number of halogens is 2. The largest absolute Gasteiger partial charge is 0.493 e. The first-order valence-electron chi connectivity index (χ1n) is 11.4. The predicted octanol–water partition coefficient (Wildman–Crippen LogP) is 6.65. The molecule has 0 atom stereocenters. The van der Waals surface area contributed by atoms with Gasteiger partial charge in [-0.1, -0.05) is 24.6 Å². The maximum atomic E-state index is 14.8. The minimum absolute atomic E-state index is 0.148. The fourth-order valence-electron chi connectivity index (χ4n) is 4.30. The number of methoxy groups -OCH3 is 4. The van der Waals surface area contributed by atoms with Crippen LogP contribution in [0, 0.1) is 5.82 Å². The number of aromatic nitrogens is 2. The zero-order chi connectivity index (χ0) is 25.8. The van der Waals surface area contributed by atoms with Crippen molar-refractivity contribution in [2.75, 3.05) is 28.4 Å². The van der Waals surface area contributed by atoms with Crippen LogP contribution in [0.4, 0.5) is 4.39 Å². The average Bonchev–Trinajstić information content (AvgIpc) is 3.28. The van der Waals surface area contributed by atoms with Gasteiger partial charge in [0.05, 0.1) is 46.4 Å². The van der Waals surface area contributed by atoms with Gasteiger partial charge in [-0.15, -0.1) is 0 Å². The molecule has 8 heteroatoms. The lowest BCUT2D eigenvalue weighted by molar-refractivity contribution is 0.355. The highest BCUT2D eigenvalue weighted by atomic mass is 35.5. The lowest BCUT2D eigenvalue weighted by Gasteiger charge is -2.14. The van der Waals surface area contributed by atoms with Crippen molar-refractivity contribution >= 4 is 11.6 Å². The predicted molar refractivity (Wildman–Crippen MR) is 139 cm³/mol. The molecule has 0 radical (unpaired) electrons. The Labute approximate surface area is 215 Å².